The highest BCUT2D eigenvalue weighted by Gasteiger charge is 2.29. The molecular formula is C20H27N7O. The van der Waals surface area contributed by atoms with Crippen molar-refractivity contribution in [1.82, 2.24) is 29.7 Å². The Hall–Kier alpha value is -2.87. The lowest BCUT2D eigenvalue weighted by Gasteiger charge is -2.34. The number of aryl methyl sites for hydroxylation is 1. The maximum atomic E-state index is 12.8. The van der Waals surface area contributed by atoms with Crippen LogP contribution in [0.3, 0.4) is 0 Å². The van der Waals surface area contributed by atoms with Crippen molar-refractivity contribution in [3.8, 4) is 0 Å². The number of aromatic nitrogens is 4. The van der Waals surface area contributed by atoms with E-state index in [0.717, 1.165) is 38.0 Å². The van der Waals surface area contributed by atoms with Crippen molar-refractivity contribution in [2.45, 2.75) is 32.2 Å². The molecule has 0 aromatic carbocycles. The SMILES string of the molecule is Cc1cc(Nc2cnccn2)nc(C2CCCCN2C(=O)C=CCN(C)C)n1. The minimum absolute atomic E-state index is 0.0140. The van der Waals surface area contributed by atoms with Gasteiger partial charge in [-0.15, -0.1) is 0 Å². The molecular weight excluding hydrogens is 354 g/mol. The Morgan fingerprint density at radius 3 is 2.89 bits per heavy atom. The highest BCUT2D eigenvalue weighted by molar-refractivity contribution is 5.88. The van der Waals surface area contributed by atoms with Crippen LogP contribution >= 0.6 is 0 Å². The first-order valence-corrected chi connectivity index (χ1v) is 9.53. The Bertz CT molecular complexity index is 823. The number of carbonyl (C=O) groups is 1. The van der Waals surface area contributed by atoms with E-state index in [-0.39, 0.29) is 11.9 Å². The highest BCUT2D eigenvalue weighted by Crippen LogP contribution is 2.30. The van der Waals surface area contributed by atoms with Crippen molar-refractivity contribution in [2.75, 3.05) is 32.5 Å². The molecule has 1 unspecified atom stereocenters. The van der Waals surface area contributed by atoms with E-state index in [0.29, 0.717) is 17.5 Å². The predicted octanol–water partition coefficient (Wildman–Crippen LogP) is 2.49. The minimum atomic E-state index is -0.118. The topological polar surface area (TPSA) is 87.1 Å². The van der Waals surface area contributed by atoms with Gasteiger partial charge in [0.1, 0.15) is 11.6 Å². The van der Waals surface area contributed by atoms with Crippen LogP contribution in [0.25, 0.3) is 0 Å². The summed E-state index contributed by atoms with van der Waals surface area (Å²) in [5, 5.41) is 3.17. The van der Waals surface area contributed by atoms with Gasteiger partial charge in [0.15, 0.2) is 5.82 Å². The zero-order valence-corrected chi connectivity index (χ0v) is 16.7. The number of rotatable bonds is 6. The van der Waals surface area contributed by atoms with Gasteiger partial charge in [-0.05, 0) is 40.3 Å². The second-order valence-electron chi connectivity index (χ2n) is 7.18. The van der Waals surface area contributed by atoms with Crippen molar-refractivity contribution >= 4 is 17.5 Å². The van der Waals surface area contributed by atoms with E-state index in [1.54, 1.807) is 24.7 Å². The Balaban J connectivity index is 1.81. The quantitative estimate of drug-likeness (QED) is 0.769. The van der Waals surface area contributed by atoms with Crippen LogP contribution in [0.2, 0.25) is 0 Å². The zero-order valence-electron chi connectivity index (χ0n) is 16.7. The van der Waals surface area contributed by atoms with Gasteiger partial charge in [-0.2, -0.15) is 0 Å². The number of nitrogens with zero attached hydrogens (tertiary/aromatic N) is 6. The van der Waals surface area contributed by atoms with E-state index in [1.807, 2.05) is 43.0 Å². The molecule has 0 aliphatic carbocycles. The predicted molar refractivity (Wildman–Crippen MR) is 108 cm³/mol. The van der Waals surface area contributed by atoms with Gasteiger partial charge in [0.05, 0.1) is 12.2 Å². The summed E-state index contributed by atoms with van der Waals surface area (Å²) in [5.41, 5.74) is 0.845. The van der Waals surface area contributed by atoms with E-state index >= 15 is 0 Å². The average Bonchev–Trinajstić information content (AvgIpc) is 2.68. The lowest BCUT2D eigenvalue weighted by Crippen LogP contribution is -2.38. The monoisotopic (exact) mass is 381 g/mol. The third-order valence-corrected chi connectivity index (χ3v) is 4.51. The molecule has 1 amide bonds. The van der Waals surface area contributed by atoms with Gasteiger partial charge < -0.3 is 15.1 Å². The molecule has 1 fully saturated rings. The molecule has 0 bridgehead atoms. The molecule has 2 aromatic rings. The van der Waals surface area contributed by atoms with Crippen molar-refractivity contribution in [1.29, 1.82) is 0 Å². The second-order valence-corrected chi connectivity index (χ2v) is 7.18. The molecule has 1 atom stereocenters. The molecule has 2 aromatic heterocycles. The van der Waals surface area contributed by atoms with Crippen LogP contribution in [0, 0.1) is 6.92 Å². The number of nitrogens with one attached hydrogen (secondary N) is 1. The molecule has 8 heteroatoms. The van der Waals surface area contributed by atoms with Gasteiger partial charge in [-0.1, -0.05) is 6.08 Å². The molecule has 148 valence electrons. The first-order valence-electron chi connectivity index (χ1n) is 9.53. The standard InChI is InChI=1S/C20H27N7O/c1-15-13-17(24-18-14-21-9-10-22-18)25-20(23-15)16-7-4-5-12-27(16)19(28)8-6-11-26(2)3/h6,8-10,13-14,16H,4-5,7,11-12H2,1-3H3,(H,22,23,24,25). The first-order chi connectivity index (χ1) is 13.5. The molecule has 1 saturated heterocycles. The van der Waals surface area contributed by atoms with Crippen molar-refractivity contribution in [2.24, 2.45) is 0 Å². The first kappa shape index (κ1) is 19.9. The number of hydrogen-bond acceptors (Lipinski definition) is 7. The summed E-state index contributed by atoms with van der Waals surface area (Å²) in [6.45, 7) is 3.39. The average molecular weight is 381 g/mol. The Kier molecular flexibility index (Phi) is 6.65. The Morgan fingerprint density at radius 2 is 2.14 bits per heavy atom. The summed E-state index contributed by atoms with van der Waals surface area (Å²) in [6.07, 6.45) is 11.4. The summed E-state index contributed by atoms with van der Waals surface area (Å²) in [5.74, 6) is 1.96. The van der Waals surface area contributed by atoms with Gasteiger partial charge in [-0.3, -0.25) is 9.78 Å². The number of likely N-dealkylation sites (tertiary alicyclic amines) is 1. The van der Waals surface area contributed by atoms with Gasteiger partial charge in [-0.25, -0.2) is 15.0 Å². The normalized spacial score (nSPS) is 17.3. The van der Waals surface area contributed by atoms with Gasteiger partial charge >= 0.3 is 0 Å². The van der Waals surface area contributed by atoms with Crippen molar-refractivity contribution in [3.63, 3.8) is 0 Å². The fraction of sp³-hybridized carbons (Fsp3) is 0.450. The summed E-state index contributed by atoms with van der Waals surface area (Å²) in [4.78, 5) is 34.2. The zero-order chi connectivity index (χ0) is 19.9. The maximum Gasteiger partial charge on any atom is 0.246 e. The number of anilines is 2. The number of amides is 1. The third-order valence-electron chi connectivity index (χ3n) is 4.51. The van der Waals surface area contributed by atoms with Crippen LogP contribution in [0.5, 0.6) is 0 Å². The van der Waals surface area contributed by atoms with Crippen LogP contribution in [0.15, 0.2) is 36.8 Å². The van der Waals surface area contributed by atoms with E-state index in [9.17, 15) is 4.79 Å². The number of piperidine rings is 1. The van der Waals surface area contributed by atoms with Crippen molar-refractivity contribution in [3.05, 3.63) is 48.3 Å². The lowest BCUT2D eigenvalue weighted by atomic mass is 10.0. The van der Waals surface area contributed by atoms with Crippen LogP contribution < -0.4 is 5.32 Å². The molecule has 0 radical (unpaired) electrons. The molecule has 1 aliphatic rings. The van der Waals surface area contributed by atoms with Crippen LogP contribution in [-0.2, 0) is 4.79 Å². The Morgan fingerprint density at radius 1 is 1.29 bits per heavy atom. The molecule has 3 rings (SSSR count). The van der Waals surface area contributed by atoms with Gasteiger partial charge in [0.2, 0.25) is 5.91 Å². The van der Waals surface area contributed by atoms with E-state index in [4.69, 9.17) is 0 Å². The number of hydrogen-bond donors (Lipinski definition) is 1. The summed E-state index contributed by atoms with van der Waals surface area (Å²) in [6, 6.07) is 1.75. The maximum absolute atomic E-state index is 12.8. The fourth-order valence-corrected chi connectivity index (χ4v) is 3.22. The molecule has 0 spiro atoms. The van der Waals surface area contributed by atoms with E-state index in [2.05, 4.69) is 25.3 Å². The summed E-state index contributed by atoms with van der Waals surface area (Å²) in [7, 11) is 3.95. The second kappa shape index (κ2) is 9.36. The summed E-state index contributed by atoms with van der Waals surface area (Å²) < 4.78 is 0. The number of likely N-dealkylation sites (N-methyl/N-ethyl adjacent to an activating group) is 1. The molecule has 1 aliphatic heterocycles. The number of carbonyl (C=O) groups excluding carboxylic acids is 1. The van der Waals surface area contributed by atoms with Gasteiger partial charge in [0.25, 0.3) is 0 Å². The van der Waals surface area contributed by atoms with E-state index < -0.39 is 0 Å². The Labute approximate surface area is 165 Å². The van der Waals surface area contributed by atoms with E-state index in [1.165, 1.54) is 0 Å². The fourth-order valence-electron chi connectivity index (χ4n) is 3.22. The summed E-state index contributed by atoms with van der Waals surface area (Å²) >= 11 is 0. The van der Waals surface area contributed by atoms with Crippen LogP contribution in [0.1, 0.15) is 36.8 Å². The molecule has 8 nitrogen and oxygen atoms in total. The van der Waals surface area contributed by atoms with Crippen LogP contribution in [-0.4, -0.2) is 62.8 Å². The molecule has 1 N–H and O–H groups in total. The third kappa shape index (κ3) is 5.32. The lowest BCUT2D eigenvalue weighted by molar-refractivity contribution is -0.129. The molecule has 3 heterocycles. The molecule has 0 saturated carbocycles. The van der Waals surface area contributed by atoms with Gasteiger partial charge in [0, 0.05) is 43.3 Å². The largest absolute Gasteiger partial charge is 0.329 e. The highest BCUT2D eigenvalue weighted by atomic mass is 16.2. The molecule has 28 heavy (non-hydrogen) atoms. The smallest absolute Gasteiger partial charge is 0.246 e. The van der Waals surface area contributed by atoms with Crippen molar-refractivity contribution < 1.29 is 4.79 Å². The minimum Gasteiger partial charge on any atom is -0.329 e. The van der Waals surface area contributed by atoms with Crippen LogP contribution in [0.4, 0.5) is 11.6 Å².